The summed E-state index contributed by atoms with van der Waals surface area (Å²) in [6, 6.07) is 5.90. The Hall–Kier alpha value is -0.190. The lowest BCUT2D eigenvalue weighted by atomic mass is 9.87. The average Bonchev–Trinajstić information content (AvgIpc) is 2.52. The Morgan fingerprint density at radius 3 is 2.67 bits per heavy atom. The fourth-order valence-electron chi connectivity index (χ4n) is 3.24. The van der Waals surface area contributed by atoms with Crippen molar-refractivity contribution in [3.05, 3.63) is 28.2 Å². The van der Waals surface area contributed by atoms with Crippen LogP contribution in [0.5, 0.6) is 5.75 Å². The molecule has 0 amide bonds. The zero-order valence-corrected chi connectivity index (χ0v) is 15.4. The summed E-state index contributed by atoms with van der Waals surface area (Å²) in [5, 5.41) is 13.8. The summed E-state index contributed by atoms with van der Waals surface area (Å²) in [4.78, 5) is 0. The molecule has 1 aromatic carbocycles. The van der Waals surface area contributed by atoms with Gasteiger partial charge in [-0.1, -0.05) is 42.1 Å². The van der Waals surface area contributed by atoms with Gasteiger partial charge >= 0.3 is 0 Å². The first-order chi connectivity index (χ1) is 10.1. The summed E-state index contributed by atoms with van der Waals surface area (Å²) in [7, 11) is 0. The van der Waals surface area contributed by atoms with Crippen LogP contribution in [0.3, 0.4) is 0 Å². The quantitative estimate of drug-likeness (QED) is 0.714. The number of phenolic OH excluding ortho intramolecular Hbond substituents is 1. The van der Waals surface area contributed by atoms with Crippen LogP contribution >= 0.6 is 27.7 Å². The van der Waals surface area contributed by atoms with Crippen molar-refractivity contribution >= 4 is 27.7 Å². The molecule has 1 saturated carbocycles. The summed E-state index contributed by atoms with van der Waals surface area (Å²) in [6.07, 6.45) is 9.91. The Morgan fingerprint density at radius 1 is 1.33 bits per heavy atom. The van der Waals surface area contributed by atoms with Gasteiger partial charge in [0.05, 0.1) is 0 Å². The minimum atomic E-state index is 0.216. The maximum absolute atomic E-state index is 10.1. The molecule has 0 bridgehead atoms. The van der Waals surface area contributed by atoms with Crippen LogP contribution < -0.4 is 5.32 Å². The predicted molar refractivity (Wildman–Crippen MR) is 96.2 cm³/mol. The van der Waals surface area contributed by atoms with E-state index >= 15 is 0 Å². The van der Waals surface area contributed by atoms with Gasteiger partial charge in [0, 0.05) is 27.4 Å². The monoisotopic (exact) mass is 371 g/mol. The highest BCUT2D eigenvalue weighted by Gasteiger charge is 2.31. The molecule has 0 aromatic heterocycles. The third-order valence-corrected chi connectivity index (χ3v) is 6.55. The normalized spacial score (nSPS) is 19.4. The third kappa shape index (κ3) is 4.40. The minimum Gasteiger partial charge on any atom is -0.508 e. The number of phenols is 1. The summed E-state index contributed by atoms with van der Waals surface area (Å²) in [5.74, 6) is 0.388. The van der Waals surface area contributed by atoms with Crippen molar-refractivity contribution < 1.29 is 5.11 Å². The first-order valence-corrected chi connectivity index (χ1v) is 9.89. The van der Waals surface area contributed by atoms with Crippen LogP contribution in [-0.4, -0.2) is 22.7 Å². The molecule has 1 atom stereocenters. The lowest BCUT2D eigenvalue weighted by Gasteiger charge is -2.37. The SMILES string of the molecule is CCC(NCC1(SC)CCCCC1)c1cc(Br)ccc1O. The highest BCUT2D eigenvalue weighted by molar-refractivity contribution is 9.10. The van der Waals surface area contributed by atoms with Gasteiger partial charge in [0.2, 0.25) is 0 Å². The van der Waals surface area contributed by atoms with Crippen molar-refractivity contribution in [1.82, 2.24) is 5.32 Å². The molecule has 1 unspecified atom stereocenters. The molecule has 1 aromatic rings. The van der Waals surface area contributed by atoms with E-state index in [1.54, 1.807) is 6.07 Å². The van der Waals surface area contributed by atoms with E-state index in [4.69, 9.17) is 0 Å². The van der Waals surface area contributed by atoms with E-state index in [2.05, 4.69) is 34.4 Å². The van der Waals surface area contributed by atoms with Gasteiger partial charge in [-0.25, -0.2) is 0 Å². The van der Waals surface area contributed by atoms with E-state index in [0.717, 1.165) is 23.0 Å². The van der Waals surface area contributed by atoms with Gasteiger partial charge < -0.3 is 10.4 Å². The van der Waals surface area contributed by atoms with Crippen molar-refractivity contribution in [1.29, 1.82) is 0 Å². The molecule has 2 N–H and O–H groups in total. The van der Waals surface area contributed by atoms with Crippen molar-refractivity contribution in [2.75, 3.05) is 12.8 Å². The molecule has 2 rings (SSSR count). The van der Waals surface area contributed by atoms with Crippen molar-refractivity contribution in [3.8, 4) is 5.75 Å². The van der Waals surface area contributed by atoms with Gasteiger partial charge in [-0.2, -0.15) is 11.8 Å². The zero-order valence-electron chi connectivity index (χ0n) is 13.0. The molecule has 118 valence electrons. The topological polar surface area (TPSA) is 32.3 Å². The van der Waals surface area contributed by atoms with Gasteiger partial charge in [0.15, 0.2) is 0 Å². The molecule has 2 nitrogen and oxygen atoms in total. The molecule has 1 aliphatic carbocycles. The van der Waals surface area contributed by atoms with Crippen LogP contribution in [0.15, 0.2) is 22.7 Å². The molecular formula is C17H26BrNOS. The second kappa shape index (κ2) is 7.89. The zero-order chi connectivity index (χ0) is 15.3. The fraction of sp³-hybridized carbons (Fsp3) is 0.647. The summed E-state index contributed by atoms with van der Waals surface area (Å²) in [5.41, 5.74) is 0.999. The lowest BCUT2D eigenvalue weighted by molar-refractivity contribution is 0.356. The molecule has 0 aliphatic heterocycles. The largest absolute Gasteiger partial charge is 0.508 e. The molecule has 0 radical (unpaired) electrons. The molecule has 1 aliphatic rings. The Labute approximate surface area is 141 Å². The molecule has 0 heterocycles. The Morgan fingerprint density at radius 2 is 2.05 bits per heavy atom. The summed E-state index contributed by atoms with van der Waals surface area (Å²) >= 11 is 5.52. The number of halogens is 1. The minimum absolute atomic E-state index is 0.216. The van der Waals surface area contributed by atoms with Crippen LogP contribution in [0.2, 0.25) is 0 Å². The maximum Gasteiger partial charge on any atom is 0.120 e. The third-order valence-electron chi connectivity index (χ3n) is 4.64. The number of benzene rings is 1. The lowest BCUT2D eigenvalue weighted by Crippen LogP contribution is -2.40. The van der Waals surface area contributed by atoms with Gasteiger partial charge in [-0.3, -0.25) is 0 Å². The number of hydrogen-bond acceptors (Lipinski definition) is 3. The van der Waals surface area contributed by atoms with Crippen LogP contribution in [0.4, 0.5) is 0 Å². The molecule has 0 saturated heterocycles. The summed E-state index contributed by atoms with van der Waals surface area (Å²) < 4.78 is 1.40. The Kier molecular flexibility index (Phi) is 6.45. The van der Waals surface area contributed by atoms with Crippen LogP contribution in [-0.2, 0) is 0 Å². The van der Waals surface area contributed by atoms with Gasteiger partial charge in [0.1, 0.15) is 5.75 Å². The first kappa shape index (κ1) is 17.2. The second-order valence-corrected chi connectivity index (χ2v) is 8.18. The smallest absolute Gasteiger partial charge is 0.120 e. The maximum atomic E-state index is 10.1. The van der Waals surface area contributed by atoms with E-state index in [-0.39, 0.29) is 6.04 Å². The van der Waals surface area contributed by atoms with Gasteiger partial charge in [-0.15, -0.1) is 0 Å². The van der Waals surface area contributed by atoms with Crippen LogP contribution in [0, 0.1) is 0 Å². The number of thioether (sulfide) groups is 1. The fourth-order valence-corrected chi connectivity index (χ4v) is 4.54. The number of nitrogens with one attached hydrogen (secondary N) is 1. The van der Waals surface area contributed by atoms with Crippen molar-refractivity contribution in [2.45, 2.75) is 56.2 Å². The van der Waals surface area contributed by atoms with E-state index < -0.39 is 0 Å². The van der Waals surface area contributed by atoms with E-state index in [9.17, 15) is 5.11 Å². The predicted octanol–water partition coefficient (Wildman–Crippen LogP) is 5.26. The van der Waals surface area contributed by atoms with E-state index in [1.807, 2.05) is 23.9 Å². The number of aromatic hydroxyl groups is 1. The second-order valence-electron chi connectivity index (χ2n) is 5.99. The van der Waals surface area contributed by atoms with Crippen molar-refractivity contribution in [2.24, 2.45) is 0 Å². The van der Waals surface area contributed by atoms with Crippen LogP contribution in [0.25, 0.3) is 0 Å². The first-order valence-electron chi connectivity index (χ1n) is 7.87. The van der Waals surface area contributed by atoms with E-state index in [1.165, 1.54) is 32.1 Å². The standard InChI is InChI=1S/C17H26BrNOS/c1-3-15(14-11-13(18)7-8-16(14)20)19-12-17(21-2)9-5-4-6-10-17/h7-8,11,15,19-20H,3-6,9-10,12H2,1-2H3. The molecule has 4 heteroatoms. The number of rotatable bonds is 6. The summed E-state index contributed by atoms with van der Waals surface area (Å²) in [6.45, 7) is 3.20. The van der Waals surface area contributed by atoms with Crippen LogP contribution in [0.1, 0.15) is 57.1 Å². The van der Waals surface area contributed by atoms with Crippen molar-refractivity contribution in [3.63, 3.8) is 0 Å². The average molecular weight is 372 g/mol. The molecular weight excluding hydrogens is 346 g/mol. The van der Waals surface area contributed by atoms with Gasteiger partial charge in [0.25, 0.3) is 0 Å². The van der Waals surface area contributed by atoms with Gasteiger partial charge in [-0.05, 0) is 43.7 Å². The van der Waals surface area contributed by atoms with E-state index in [0.29, 0.717) is 10.5 Å². The molecule has 21 heavy (non-hydrogen) atoms. The highest BCUT2D eigenvalue weighted by atomic mass is 79.9. The number of hydrogen-bond donors (Lipinski definition) is 2. The Balaban J connectivity index is 2.06. The highest BCUT2D eigenvalue weighted by Crippen LogP contribution is 2.39. The Bertz CT molecular complexity index is 460. The molecule has 1 fully saturated rings. The molecule has 0 spiro atoms.